The smallest absolute Gasteiger partial charge is 0.330 e. The summed E-state index contributed by atoms with van der Waals surface area (Å²) in [7, 11) is 0. The van der Waals surface area contributed by atoms with Crippen LogP contribution in [0.25, 0.3) is 0 Å². The summed E-state index contributed by atoms with van der Waals surface area (Å²) in [5.74, 6) is -0.182. The fourth-order valence-electron chi connectivity index (χ4n) is 1.70. The lowest BCUT2D eigenvalue weighted by atomic mass is 10.1. The van der Waals surface area contributed by atoms with E-state index < -0.39 is 0 Å². The number of hydrogen-bond donors (Lipinski definition) is 0. The Labute approximate surface area is 86.3 Å². The van der Waals surface area contributed by atoms with Crippen LogP contribution >= 0.6 is 0 Å². The molecule has 80 valence electrons. The van der Waals surface area contributed by atoms with Crippen LogP contribution in [0.4, 0.5) is 0 Å². The van der Waals surface area contributed by atoms with Crippen molar-refractivity contribution in [1.29, 1.82) is 0 Å². The number of carbonyl (C=O) groups excluding carboxylic acids is 1. The largest absolute Gasteiger partial charge is 0.460 e. The van der Waals surface area contributed by atoms with Crippen molar-refractivity contribution in [2.45, 2.75) is 58.0 Å². The fourth-order valence-corrected chi connectivity index (χ4v) is 1.70. The van der Waals surface area contributed by atoms with Gasteiger partial charge < -0.3 is 4.74 Å². The summed E-state index contributed by atoms with van der Waals surface area (Å²) in [6, 6.07) is 0. The molecule has 0 saturated heterocycles. The van der Waals surface area contributed by atoms with Gasteiger partial charge in [0.2, 0.25) is 0 Å². The number of allylic oxidation sites excluding steroid dienone is 1. The molecular weight excluding hydrogens is 176 g/mol. The predicted molar refractivity (Wildman–Crippen MR) is 57.0 cm³/mol. The van der Waals surface area contributed by atoms with Gasteiger partial charge in [0, 0.05) is 6.08 Å². The van der Waals surface area contributed by atoms with Crippen molar-refractivity contribution in [2.75, 3.05) is 0 Å². The van der Waals surface area contributed by atoms with E-state index in [1.807, 2.05) is 13.0 Å². The highest BCUT2D eigenvalue weighted by Crippen LogP contribution is 2.12. The molecule has 1 atom stereocenters. The van der Waals surface area contributed by atoms with Gasteiger partial charge in [-0.15, -0.1) is 0 Å². The van der Waals surface area contributed by atoms with Crippen LogP contribution in [0.1, 0.15) is 51.9 Å². The number of cyclic esters (lactones) is 1. The van der Waals surface area contributed by atoms with Crippen molar-refractivity contribution in [3.63, 3.8) is 0 Å². The molecule has 0 radical (unpaired) electrons. The van der Waals surface area contributed by atoms with Gasteiger partial charge in [0.15, 0.2) is 0 Å². The van der Waals surface area contributed by atoms with E-state index in [0.29, 0.717) is 0 Å². The zero-order valence-electron chi connectivity index (χ0n) is 9.00. The molecule has 0 aromatic rings. The molecule has 0 spiro atoms. The monoisotopic (exact) mass is 196 g/mol. The Balaban J connectivity index is 2.38. The van der Waals surface area contributed by atoms with Crippen LogP contribution in [0.2, 0.25) is 0 Å². The molecule has 14 heavy (non-hydrogen) atoms. The molecule has 1 rings (SSSR count). The van der Waals surface area contributed by atoms with E-state index in [1.165, 1.54) is 32.1 Å². The Morgan fingerprint density at radius 1 is 1.21 bits per heavy atom. The quantitative estimate of drug-likeness (QED) is 0.556. The molecule has 0 amide bonds. The second-order valence-electron chi connectivity index (χ2n) is 3.99. The molecule has 1 unspecified atom stereocenters. The van der Waals surface area contributed by atoms with E-state index in [-0.39, 0.29) is 12.1 Å². The summed E-state index contributed by atoms with van der Waals surface area (Å²) in [5.41, 5.74) is 0. The molecule has 0 aromatic heterocycles. The Kier molecular flexibility index (Phi) is 5.35. The highest BCUT2D eigenvalue weighted by atomic mass is 16.5. The molecular formula is C12H20O2. The molecule has 2 nitrogen and oxygen atoms in total. The van der Waals surface area contributed by atoms with Gasteiger partial charge in [-0.05, 0) is 32.6 Å². The van der Waals surface area contributed by atoms with Crippen LogP contribution in [0, 0.1) is 0 Å². The van der Waals surface area contributed by atoms with Gasteiger partial charge in [-0.3, -0.25) is 0 Å². The maximum absolute atomic E-state index is 11.2. The van der Waals surface area contributed by atoms with E-state index in [4.69, 9.17) is 4.74 Å². The first-order valence-corrected chi connectivity index (χ1v) is 5.66. The van der Waals surface area contributed by atoms with E-state index in [1.54, 1.807) is 6.08 Å². The second kappa shape index (κ2) is 6.63. The Morgan fingerprint density at radius 3 is 2.79 bits per heavy atom. The van der Waals surface area contributed by atoms with Crippen LogP contribution in [0.3, 0.4) is 0 Å². The average molecular weight is 196 g/mol. The summed E-state index contributed by atoms with van der Waals surface area (Å²) >= 11 is 0. The first kappa shape index (κ1) is 11.3. The number of ether oxygens (including phenoxy) is 1. The zero-order chi connectivity index (χ0) is 10.2. The fraction of sp³-hybridized carbons (Fsp3) is 0.750. The van der Waals surface area contributed by atoms with Crippen molar-refractivity contribution >= 4 is 5.97 Å². The summed E-state index contributed by atoms with van der Waals surface area (Å²) in [4.78, 5) is 11.2. The van der Waals surface area contributed by atoms with Gasteiger partial charge in [-0.2, -0.15) is 0 Å². The van der Waals surface area contributed by atoms with Gasteiger partial charge in [0.25, 0.3) is 0 Å². The van der Waals surface area contributed by atoms with Crippen LogP contribution in [0.15, 0.2) is 12.2 Å². The van der Waals surface area contributed by atoms with Crippen LogP contribution in [0.5, 0.6) is 0 Å². The zero-order valence-corrected chi connectivity index (χ0v) is 9.00. The highest BCUT2D eigenvalue weighted by molar-refractivity contribution is 5.81. The molecule has 0 fully saturated rings. The SMILES string of the molecule is CC1CCCCCCC/C=C/C(=O)O1. The van der Waals surface area contributed by atoms with E-state index in [0.717, 1.165) is 12.8 Å². The number of rotatable bonds is 0. The topological polar surface area (TPSA) is 26.3 Å². The van der Waals surface area contributed by atoms with Gasteiger partial charge in [-0.1, -0.05) is 25.3 Å². The summed E-state index contributed by atoms with van der Waals surface area (Å²) in [6.45, 7) is 1.97. The van der Waals surface area contributed by atoms with Gasteiger partial charge in [0.1, 0.15) is 0 Å². The highest BCUT2D eigenvalue weighted by Gasteiger charge is 2.06. The molecule has 2 heteroatoms. The predicted octanol–water partition coefficient (Wildman–Crippen LogP) is 3.22. The average Bonchev–Trinajstić information content (AvgIpc) is 2.13. The maximum atomic E-state index is 11.2. The van der Waals surface area contributed by atoms with E-state index >= 15 is 0 Å². The van der Waals surface area contributed by atoms with Crippen molar-refractivity contribution < 1.29 is 9.53 Å². The third-order valence-corrected chi connectivity index (χ3v) is 2.55. The Bertz CT molecular complexity index is 196. The molecule has 1 heterocycles. The van der Waals surface area contributed by atoms with Gasteiger partial charge in [-0.25, -0.2) is 4.79 Å². The maximum Gasteiger partial charge on any atom is 0.330 e. The van der Waals surface area contributed by atoms with Gasteiger partial charge in [0.05, 0.1) is 6.10 Å². The van der Waals surface area contributed by atoms with Crippen molar-refractivity contribution in [3.8, 4) is 0 Å². The molecule has 0 N–H and O–H groups in total. The van der Waals surface area contributed by atoms with Crippen LogP contribution in [-0.2, 0) is 9.53 Å². The summed E-state index contributed by atoms with van der Waals surface area (Å²) in [6.07, 6.45) is 11.8. The molecule has 0 saturated carbocycles. The van der Waals surface area contributed by atoms with Crippen LogP contribution in [-0.4, -0.2) is 12.1 Å². The minimum Gasteiger partial charge on any atom is -0.460 e. The molecule has 0 bridgehead atoms. The standard InChI is InChI=1S/C12H20O2/c1-11-9-7-5-3-2-4-6-8-10-12(13)14-11/h8,10-11H,2-7,9H2,1H3/b10-8+. The third kappa shape index (κ3) is 5.05. The normalized spacial score (nSPS) is 28.4. The van der Waals surface area contributed by atoms with Crippen molar-refractivity contribution in [2.24, 2.45) is 0 Å². The van der Waals surface area contributed by atoms with Crippen molar-refractivity contribution in [3.05, 3.63) is 12.2 Å². The van der Waals surface area contributed by atoms with E-state index in [2.05, 4.69) is 0 Å². The first-order chi connectivity index (χ1) is 6.79. The lowest BCUT2D eigenvalue weighted by Crippen LogP contribution is -2.12. The Hall–Kier alpha value is -0.790. The number of esters is 1. The summed E-state index contributed by atoms with van der Waals surface area (Å²) < 4.78 is 5.20. The molecule has 0 aliphatic carbocycles. The van der Waals surface area contributed by atoms with Crippen LogP contribution < -0.4 is 0 Å². The number of carbonyl (C=O) groups is 1. The summed E-state index contributed by atoms with van der Waals surface area (Å²) in [5, 5.41) is 0. The lowest BCUT2D eigenvalue weighted by Gasteiger charge is -2.12. The minimum atomic E-state index is -0.182. The van der Waals surface area contributed by atoms with Crippen molar-refractivity contribution in [1.82, 2.24) is 0 Å². The van der Waals surface area contributed by atoms with E-state index in [9.17, 15) is 4.79 Å². The lowest BCUT2D eigenvalue weighted by molar-refractivity contribution is -0.142. The minimum absolute atomic E-state index is 0.0755. The first-order valence-electron chi connectivity index (χ1n) is 5.66. The molecule has 0 aromatic carbocycles. The number of hydrogen-bond acceptors (Lipinski definition) is 2. The Morgan fingerprint density at radius 2 is 1.93 bits per heavy atom. The molecule has 1 aliphatic rings. The van der Waals surface area contributed by atoms with Gasteiger partial charge >= 0.3 is 5.97 Å². The molecule has 1 aliphatic heterocycles. The third-order valence-electron chi connectivity index (χ3n) is 2.55. The second-order valence-corrected chi connectivity index (χ2v) is 3.99.